The topological polar surface area (TPSA) is 30.5 Å². The Kier molecular flexibility index (Phi) is 4.32. The third kappa shape index (κ3) is 3.69. The molecular formula is C17H18ClNO2. The van der Waals surface area contributed by atoms with Gasteiger partial charge in [-0.15, -0.1) is 0 Å². The summed E-state index contributed by atoms with van der Waals surface area (Å²) in [5.74, 6) is 2.37. The fourth-order valence-electron chi connectivity index (χ4n) is 2.11. The maximum atomic E-state index is 6.31. The highest BCUT2D eigenvalue weighted by atomic mass is 35.5. The van der Waals surface area contributed by atoms with Gasteiger partial charge < -0.3 is 14.8 Å². The summed E-state index contributed by atoms with van der Waals surface area (Å²) in [6.45, 7) is 0.732. The lowest BCUT2D eigenvalue weighted by Crippen LogP contribution is -2.16. The quantitative estimate of drug-likeness (QED) is 0.858. The second kappa shape index (κ2) is 6.37. The molecule has 0 bridgehead atoms. The number of halogens is 1. The van der Waals surface area contributed by atoms with Crippen molar-refractivity contribution in [2.45, 2.75) is 25.4 Å². The van der Waals surface area contributed by atoms with Gasteiger partial charge in [0, 0.05) is 23.2 Å². The van der Waals surface area contributed by atoms with Crippen LogP contribution in [0, 0.1) is 0 Å². The van der Waals surface area contributed by atoms with E-state index in [1.165, 1.54) is 12.8 Å². The van der Waals surface area contributed by atoms with Crippen LogP contribution in [0.25, 0.3) is 0 Å². The standard InChI is InChI=1S/C17H18ClNO2/c1-20-13-7-9-14(10-8-13)21-17-4-2-3-16(18)15(17)11-19-12-5-6-12/h2-4,7-10,12,19H,5-6,11H2,1H3. The molecule has 0 spiro atoms. The molecule has 110 valence electrons. The number of hydrogen-bond donors (Lipinski definition) is 1. The van der Waals surface area contributed by atoms with Gasteiger partial charge in [0.25, 0.3) is 0 Å². The first-order valence-corrected chi connectivity index (χ1v) is 7.47. The van der Waals surface area contributed by atoms with Crippen LogP contribution in [0.4, 0.5) is 0 Å². The van der Waals surface area contributed by atoms with E-state index in [1.807, 2.05) is 42.5 Å². The normalized spacial score (nSPS) is 14.0. The van der Waals surface area contributed by atoms with Crippen molar-refractivity contribution < 1.29 is 9.47 Å². The number of hydrogen-bond acceptors (Lipinski definition) is 3. The number of rotatable bonds is 6. The Morgan fingerprint density at radius 2 is 1.81 bits per heavy atom. The van der Waals surface area contributed by atoms with Gasteiger partial charge in [0.1, 0.15) is 17.2 Å². The Morgan fingerprint density at radius 3 is 2.48 bits per heavy atom. The lowest BCUT2D eigenvalue weighted by molar-refractivity contribution is 0.412. The maximum absolute atomic E-state index is 6.31. The first-order valence-electron chi connectivity index (χ1n) is 7.09. The second-order valence-electron chi connectivity index (χ2n) is 5.15. The lowest BCUT2D eigenvalue weighted by Gasteiger charge is -2.13. The van der Waals surface area contributed by atoms with E-state index in [0.29, 0.717) is 6.04 Å². The van der Waals surface area contributed by atoms with Gasteiger partial charge in [0.2, 0.25) is 0 Å². The summed E-state index contributed by atoms with van der Waals surface area (Å²) in [4.78, 5) is 0. The van der Waals surface area contributed by atoms with Crippen LogP contribution in [0.1, 0.15) is 18.4 Å². The van der Waals surface area contributed by atoms with Crippen LogP contribution in [0.3, 0.4) is 0 Å². The van der Waals surface area contributed by atoms with E-state index >= 15 is 0 Å². The van der Waals surface area contributed by atoms with Crippen molar-refractivity contribution in [3.63, 3.8) is 0 Å². The van der Waals surface area contributed by atoms with E-state index in [0.717, 1.165) is 34.4 Å². The number of methoxy groups -OCH3 is 1. The van der Waals surface area contributed by atoms with Gasteiger partial charge >= 0.3 is 0 Å². The molecule has 0 heterocycles. The Morgan fingerprint density at radius 1 is 1.10 bits per heavy atom. The molecule has 0 amide bonds. The van der Waals surface area contributed by atoms with E-state index in [-0.39, 0.29) is 0 Å². The van der Waals surface area contributed by atoms with Crippen molar-refractivity contribution in [1.29, 1.82) is 0 Å². The van der Waals surface area contributed by atoms with E-state index < -0.39 is 0 Å². The minimum absolute atomic E-state index is 0.634. The summed E-state index contributed by atoms with van der Waals surface area (Å²) >= 11 is 6.31. The molecule has 3 rings (SSSR count). The molecule has 1 fully saturated rings. The van der Waals surface area contributed by atoms with Gasteiger partial charge in [-0.05, 0) is 49.2 Å². The molecule has 0 aliphatic heterocycles. The summed E-state index contributed by atoms with van der Waals surface area (Å²) in [6, 6.07) is 13.9. The molecule has 1 aliphatic rings. The Bertz CT molecular complexity index is 609. The maximum Gasteiger partial charge on any atom is 0.133 e. The van der Waals surface area contributed by atoms with Crippen molar-refractivity contribution >= 4 is 11.6 Å². The van der Waals surface area contributed by atoms with Gasteiger partial charge in [-0.3, -0.25) is 0 Å². The summed E-state index contributed by atoms with van der Waals surface area (Å²) < 4.78 is 11.1. The molecule has 1 aliphatic carbocycles. The SMILES string of the molecule is COc1ccc(Oc2cccc(Cl)c2CNC2CC2)cc1. The molecule has 0 unspecified atom stereocenters. The van der Waals surface area contributed by atoms with Crippen LogP contribution >= 0.6 is 11.6 Å². The molecule has 2 aromatic rings. The third-order valence-corrected chi connectivity index (χ3v) is 3.86. The molecule has 2 aromatic carbocycles. The van der Waals surface area contributed by atoms with Gasteiger partial charge in [0.15, 0.2) is 0 Å². The first-order chi connectivity index (χ1) is 10.3. The summed E-state index contributed by atoms with van der Waals surface area (Å²) in [5.41, 5.74) is 1.00. The predicted octanol–water partition coefficient (Wildman–Crippen LogP) is 4.39. The van der Waals surface area contributed by atoms with Crippen molar-refractivity contribution in [3.05, 3.63) is 53.1 Å². The van der Waals surface area contributed by atoms with Gasteiger partial charge in [-0.1, -0.05) is 17.7 Å². The Balaban J connectivity index is 1.77. The molecule has 4 heteroatoms. The summed E-state index contributed by atoms with van der Waals surface area (Å²) in [5, 5.41) is 4.20. The molecule has 1 saturated carbocycles. The highest BCUT2D eigenvalue weighted by Crippen LogP contribution is 2.32. The van der Waals surface area contributed by atoms with Crippen LogP contribution in [-0.2, 0) is 6.54 Å². The second-order valence-corrected chi connectivity index (χ2v) is 5.56. The molecule has 0 saturated heterocycles. The smallest absolute Gasteiger partial charge is 0.133 e. The average molecular weight is 304 g/mol. The fraction of sp³-hybridized carbons (Fsp3) is 0.294. The molecule has 1 N–H and O–H groups in total. The first kappa shape index (κ1) is 14.2. The van der Waals surface area contributed by atoms with E-state index in [9.17, 15) is 0 Å². The number of ether oxygens (including phenoxy) is 2. The molecule has 21 heavy (non-hydrogen) atoms. The van der Waals surface area contributed by atoms with Gasteiger partial charge in [-0.2, -0.15) is 0 Å². The van der Waals surface area contributed by atoms with Crippen LogP contribution in [0.2, 0.25) is 5.02 Å². The van der Waals surface area contributed by atoms with Crippen LogP contribution < -0.4 is 14.8 Å². The Labute approximate surface area is 129 Å². The van der Waals surface area contributed by atoms with Crippen molar-refractivity contribution in [3.8, 4) is 17.2 Å². The van der Waals surface area contributed by atoms with Crippen molar-refractivity contribution in [2.75, 3.05) is 7.11 Å². The summed E-state index contributed by atoms with van der Waals surface area (Å²) in [6.07, 6.45) is 2.50. The molecule has 0 aromatic heterocycles. The minimum atomic E-state index is 0.634. The monoisotopic (exact) mass is 303 g/mol. The fourth-order valence-corrected chi connectivity index (χ4v) is 2.34. The van der Waals surface area contributed by atoms with Gasteiger partial charge in [-0.25, -0.2) is 0 Å². The summed E-state index contributed by atoms with van der Waals surface area (Å²) in [7, 11) is 1.65. The lowest BCUT2D eigenvalue weighted by atomic mass is 10.2. The minimum Gasteiger partial charge on any atom is -0.497 e. The molecule has 0 atom stereocenters. The number of nitrogens with one attached hydrogen (secondary N) is 1. The molecule has 0 radical (unpaired) electrons. The zero-order chi connectivity index (χ0) is 14.7. The van der Waals surface area contributed by atoms with E-state index in [4.69, 9.17) is 21.1 Å². The molecular weight excluding hydrogens is 286 g/mol. The van der Waals surface area contributed by atoms with Crippen LogP contribution in [0.15, 0.2) is 42.5 Å². The zero-order valence-electron chi connectivity index (χ0n) is 11.9. The Hall–Kier alpha value is -1.71. The van der Waals surface area contributed by atoms with E-state index in [1.54, 1.807) is 7.11 Å². The van der Waals surface area contributed by atoms with Crippen molar-refractivity contribution in [1.82, 2.24) is 5.32 Å². The highest BCUT2D eigenvalue weighted by Gasteiger charge is 2.21. The number of benzene rings is 2. The van der Waals surface area contributed by atoms with Crippen molar-refractivity contribution in [2.24, 2.45) is 0 Å². The molecule has 3 nitrogen and oxygen atoms in total. The zero-order valence-corrected chi connectivity index (χ0v) is 12.7. The largest absolute Gasteiger partial charge is 0.497 e. The van der Waals surface area contributed by atoms with Gasteiger partial charge in [0.05, 0.1) is 7.11 Å². The average Bonchev–Trinajstić information content (AvgIpc) is 3.32. The van der Waals surface area contributed by atoms with E-state index in [2.05, 4.69) is 5.32 Å². The predicted molar refractivity (Wildman–Crippen MR) is 84.4 cm³/mol. The van der Waals surface area contributed by atoms with Crippen LogP contribution in [0.5, 0.6) is 17.2 Å². The third-order valence-electron chi connectivity index (χ3n) is 3.51. The highest BCUT2D eigenvalue weighted by molar-refractivity contribution is 6.31. The van der Waals surface area contributed by atoms with Crippen LogP contribution in [-0.4, -0.2) is 13.2 Å².